The topological polar surface area (TPSA) is 16.3 Å². The smallest absolute Gasteiger partial charge is 0.0645 e. The summed E-state index contributed by atoms with van der Waals surface area (Å²) in [4.78, 5) is 3.00. The molecule has 0 spiro atoms. The van der Waals surface area contributed by atoms with Crippen LogP contribution in [0.2, 0.25) is 0 Å². The molecular weight excluding hydrogens is 1500 g/mol. The first kappa shape index (κ1) is 55.4. The van der Waals surface area contributed by atoms with E-state index < -0.39 is 136 Å². The van der Waals surface area contributed by atoms with E-state index in [0.717, 1.165) is 127 Å². The normalized spacial score (nSPS) is 13.6. The monoisotopic (exact) mass is 1600 g/mol. The van der Waals surface area contributed by atoms with Gasteiger partial charge in [-0.1, -0.05) is 376 Å². The second-order valence-corrected chi connectivity index (χ2v) is 29.9. The van der Waals surface area contributed by atoms with E-state index in [1.165, 1.54) is 0 Å². The maximum absolute atomic E-state index is 9.93. The summed E-state index contributed by atoms with van der Waals surface area (Å²) in [5.74, 6) is 0. The summed E-state index contributed by atoms with van der Waals surface area (Å²) >= 11 is 0. The van der Waals surface area contributed by atoms with Crippen LogP contribution in [0, 0.1) is 0 Å². The number of hydrogen-bond donors (Lipinski definition) is 0. The van der Waals surface area contributed by atoms with E-state index in [2.05, 4.69) is 106 Å². The molecular formula is C120H84N4. The third-order valence-corrected chi connectivity index (χ3v) is 22.5. The molecule has 0 aliphatic heterocycles. The van der Waals surface area contributed by atoms with Crippen molar-refractivity contribution in [1.29, 1.82) is 0 Å². The Hall–Kier alpha value is -16.4. The minimum absolute atomic E-state index is 0.0377. The average Bonchev–Trinajstić information content (AvgIpc) is 1.66. The van der Waals surface area contributed by atoms with E-state index >= 15 is 0 Å². The molecule has 4 heteroatoms. The summed E-state index contributed by atoms with van der Waals surface area (Å²) in [5.41, 5.74) is 16.5. The summed E-state index contributed by atoms with van der Waals surface area (Å²) in [5, 5.41) is 3.61. The van der Waals surface area contributed by atoms with Crippen LogP contribution >= 0.6 is 0 Å². The van der Waals surface area contributed by atoms with Crippen molar-refractivity contribution < 1.29 is 28.8 Å². The highest BCUT2D eigenvalue weighted by Crippen LogP contribution is 2.48. The first-order valence-corrected chi connectivity index (χ1v) is 40.8. The molecule has 22 aromatic rings. The van der Waals surface area contributed by atoms with Gasteiger partial charge in [0.2, 0.25) is 0 Å². The number of anilines is 6. The van der Waals surface area contributed by atoms with Crippen molar-refractivity contribution in [2.45, 2.75) is 0 Å². The van der Waals surface area contributed by atoms with Gasteiger partial charge in [0.15, 0.2) is 0 Å². The molecule has 124 heavy (non-hydrogen) atoms. The Balaban J connectivity index is 0.000000173. The van der Waals surface area contributed by atoms with Crippen molar-refractivity contribution in [2.75, 3.05) is 9.80 Å². The van der Waals surface area contributed by atoms with Crippen molar-refractivity contribution in [1.82, 2.24) is 9.13 Å². The van der Waals surface area contributed by atoms with Crippen molar-refractivity contribution in [2.24, 2.45) is 0 Å². The number of aromatic nitrogens is 2. The van der Waals surface area contributed by atoms with Gasteiger partial charge in [-0.15, -0.1) is 0 Å². The van der Waals surface area contributed by atoms with Gasteiger partial charge >= 0.3 is 0 Å². The Bertz CT molecular complexity index is 8770. The van der Waals surface area contributed by atoms with Crippen LogP contribution in [0.25, 0.3) is 166 Å². The van der Waals surface area contributed by atoms with Gasteiger partial charge in [-0.3, -0.25) is 0 Å². The molecule has 0 fully saturated rings. The number of nitrogens with zero attached hydrogens (tertiary/aromatic N) is 4. The van der Waals surface area contributed by atoms with Gasteiger partial charge in [0.1, 0.15) is 0 Å². The van der Waals surface area contributed by atoms with Crippen molar-refractivity contribution in [3.05, 3.63) is 509 Å². The molecule has 0 N–H and O–H groups in total. The summed E-state index contributed by atoms with van der Waals surface area (Å²) < 4.78 is 200. The van der Waals surface area contributed by atoms with Gasteiger partial charge in [0.25, 0.3) is 0 Å². The van der Waals surface area contributed by atoms with Gasteiger partial charge in [-0.2, -0.15) is 0 Å². The van der Waals surface area contributed by atoms with Crippen molar-refractivity contribution in [3.63, 3.8) is 0 Å². The second-order valence-electron chi connectivity index (χ2n) is 29.9. The first-order valence-electron chi connectivity index (χ1n) is 51.3. The number of hydrogen-bond acceptors (Lipinski definition) is 2. The predicted octanol–water partition coefficient (Wildman–Crippen LogP) is 33.2. The second kappa shape index (κ2) is 33.8. The lowest BCUT2D eigenvalue weighted by Crippen LogP contribution is -2.11. The van der Waals surface area contributed by atoms with E-state index in [9.17, 15) is 17.8 Å². The van der Waals surface area contributed by atoms with E-state index in [1.54, 1.807) is 30.3 Å². The van der Waals surface area contributed by atoms with Gasteiger partial charge in [-0.05, 0) is 233 Å². The first-order chi connectivity index (χ1) is 70.3. The molecule has 0 amide bonds. The third-order valence-electron chi connectivity index (χ3n) is 22.5. The number of rotatable bonds is 18. The molecule has 0 bridgehead atoms. The molecule has 0 aliphatic carbocycles. The number of fused-ring (bicyclic) bond motifs is 6. The number of para-hydroxylation sites is 2. The van der Waals surface area contributed by atoms with Crippen molar-refractivity contribution >= 4 is 77.7 Å². The standard InChI is InChI=1S/2C60H42N2/c2*1-5-15-43(16-6-1)46-25-33-52(34-26-46)61(59-39-31-50(45-19-9-3-10-20-45)41-56(59)49-21-11-4-12-22-49)53-35-29-48(30-36-53)51-32-40-60-57(42-51)55-23-13-14-24-58(55)62(60)54-37-27-47(28-38-54)44-17-7-2-8-18-44/h2*1-42H/i3D,4D,9D,10D,11D,12D,19D,20D,21D,22D,29D,30D,31D,35D,36D,39D,41D;29D,30D,35D,36D. The fraction of sp³-hybridized carbons (Fsp3) is 0. The van der Waals surface area contributed by atoms with Crippen LogP contribution in [-0.4, -0.2) is 9.13 Å². The summed E-state index contributed by atoms with van der Waals surface area (Å²) in [6.45, 7) is 0. The van der Waals surface area contributed by atoms with Crippen LogP contribution in [-0.2, 0) is 0 Å². The molecule has 0 saturated carbocycles. The predicted molar refractivity (Wildman–Crippen MR) is 525 cm³/mol. The molecule has 0 aliphatic rings. The maximum Gasteiger partial charge on any atom is 0.0645 e. The summed E-state index contributed by atoms with van der Waals surface area (Å²) in [6.07, 6.45) is 0. The lowest BCUT2D eigenvalue weighted by atomic mass is 9.96. The lowest BCUT2D eigenvalue weighted by Gasteiger charge is -2.29. The van der Waals surface area contributed by atoms with E-state index in [1.807, 2.05) is 260 Å². The van der Waals surface area contributed by atoms with Crippen LogP contribution in [0.3, 0.4) is 0 Å². The average molecular weight is 1600 g/mol. The van der Waals surface area contributed by atoms with E-state index in [4.69, 9.17) is 11.0 Å². The molecule has 22 rings (SSSR count). The Morgan fingerprint density at radius 1 is 0.169 bits per heavy atom. The molecule has 0 saturated heterocycles. The maximum atomic E-state index is 9.93. The minimum Gasteiger partial charge on any atom is -0.310 e. The largest absolute Gasteiger partial charge is 0.310 e. The fourth-order valence-corrected chi connectivity index (χ4v) is 16.4. The SMILES string of the molecule is [2H]c1c([2H])c(N(c2ccc(-c3ccccc3)cc2)c2ccc(-c3ccccc3)cc2-c2ccccc2)c([2H])c([2H])c1-c1ccc2c(c1)c1ccccc1n2-c1ccc(-c2ccccc2)cc1.[2H]c1c([2H])c([2H])c(-c2c([2H])c([2H])c(N(c3ccc(-c4ccccc4)cc3)c3c([2H])c([2H])c(-c4ccc5c(c4)c4ccccc4n5-c4ccc(-c5ccccc5)cc4)c([2H])c3[2H])c(-c3c([2H])c([2H])c([2H])c([2H])c3[2H])c2[2H])c([2H])c1[2H]. The molecule has 20 aromatic carbocycles. The molecule has 0 radical (unpaired) electrons. The van der Waals surface area contributed by atoms with Crippen LogP contribution < -0.4 is 9.80 Å². The van der Waals surface area contributed by atoms with Crippen molar-refractivity contribution in [3.8, 4) is 123 Å². The quantitative estimate of drug-likeness (QED) is 0.0851. The highest BCUT2D eigenvalue weighted by molar-refractivity contribution is 6.12. The molecule has 0 atom stereocenters. The van der Waals surface area contributed by atoms with Crippen LogP contribution in [0.5, 0.6) is 0 Å². The number of benzene rings is 20. The van der Waals surface area contributed by atoms with Crippen LogP contribution in [0.4, 0.5) is 34.1 Å². The van der Waals surface area contributed by atoms with E-state index in [0.29, 0.717) is 22.4 Å². The third kappa shape index (κ3) is 15.0. The van der Waals surface area contributed by atoms with E-state index in [-0.39, 0.29) is 46.7 Å². The molecule has 0 unspecified atom stereocenters. The van der Waals surface area contributed by atoms with Crippen LogP contribution in [0.1, 0.15) is 28.8 Å². The zero-order valence-corrected chi connectivity index (χ0v) is 66.7. The Morgan fingerprint density at radius 2 is 0.468 bits per heavy atom. The molecule has 2 heterocycles. The molecule has 2 aromatic heterocycles. The van der Waals surface area contributed by atoms with Gasteiger partial charge < -0.3 is 18.9 Å². The van der Waals surface area contributed by atoms with Crippen LogP contribution in [0.15, 0.2) is 509 Å². The fourth-order valence-electron chi connectivity index (χ4n) is 16.4. The van der Waals surface area contributed by atoms with Gasteiger partial charge in [0.05, 0.1) is 62.2 Å². The van der Waals surface area contributed by atoms with Gasteiger partial charge in [-0.25, -0.2) is 0 Å². The molecule has 4 nitrogen and oxygen atoms in total. The van der Waals surface area contributed by atoms with Gasteiger partial charge in [0, 0.05) is 66.8 Å². The zero-order chi connectivity index (χ0) is 101. The minimum atomic E-state index is -0.884. The Labute approximate surface area is 753 Å². The lowest BCUT2D eigenvalue weighted by molar-refractivity contribution is 1.18. The zero-order valence-electron chi connectivity index (χ0n) is 87.7. The highest BCUT2D eigenvalue weighted by Gasteiger charge is 2.24. The Kier molecular flexibility index (Phi) is 15.1. The Morgan fingerprint density at radius 3 is 0.879 bits per heavy atom. The summed E-state index contributed by atoms with van der Waals surface area (Å²) in [7, 11) is 0. The highest BCUT2D eigenvalue weighted by atomic mass is 15.2. The summed E-state index contributed by atoms with van der Waals surface area (Å²) in [6, 6.07) is 111. The molecule has 584 valence electrons.